The lowest BCUT2D eigenvalue weighted by molar-refractivity contribution is 0.267. The molecule has 0 spiro atoms. The molecule has 1 aromatic rings. The molecule has 0 bridgehead atoms. The topological polar surface area (TPSA) is 56.0 Å². The Morgan fingerprint density at radius 1 is 1.46 bits per heavy atom. The molecule has 1 amide bonds. The van der Waals surface area contributed by atoms with Crippen LogP contribution >= 0.6 is 52.8 Å². The van der Waals surface area contributed by atoms with Crippen LogP contribution in [0, 0.1) is 0 Å². The standard InChI is InChI=1S/C4H2N2OS6/c5-4(7)13-11-9-2-1-8-6-3(2)10-12-13/h1H,(H-,5,7)/p+1. The molecule has 3 nitrogen and oxygen atoms in total. The van der Waals surface area contributed by atoms with Crippen molar-refractivity contribution in [1.82, 2.24) is 4.37 Å². The van der Waals surface area contributed by atoms with Gasteiger partial charge in [-0.15, -0.1) is 0 Å². The average molecular weight is 287 g/mol. The first-order valence-electron chi connectivity index (χ1n) is 2.95. The van der Waals surface area contributed by atoms with Gasteiger partial charge in [-0.2, -0.15) is 4.37 Å². The minimum Gasteiger partial charge on any atom is -0.323 e. The summed E-state index contributed by atoms with van der Waals surface area (Å²) in [5.41, 5.74) is 5.23. The Kier molecular flexibility index (Phi) is 3.65. The number of nitrogens with two attached hydrogens (primary N) is 1. The van der Waals surface area contributed by atoms with Crippen LogP contribution < -0.4 is 5.73 Å². The van der Waals surface area contributed by atoms with Crippen molar-refractivity contribution in [3.8, 4) is 0 Å². The van der Waals surface area contributed by atoms with Crippen LogP contribution in [-0.2, 0) is 8.96 Å². The van der Waals surface area contributed by atoms with Crippen molar-refractivity contribution in [2.24, 2.45) is 5.73 Å². The van der Waals surface area contributed by atoms with Gasteiger partial charge in [0, 0.05) is 27.0 Å². The molecule has 1 atom stereocenters. The zero-order valence-electron chi connectivity index (χ0n) is 5.96. The normalized spacial score (nSPS) is 22.0. The molecule has 70 valence electrons. The minimum atomic E-state index is -0.456. The zero-order valence-corrected chi connectivity index (χ0v) is 10.9. The van der Waals surface area contributed by atoms with Gasteiger partial charge in [-0.3, -0.25) is 0 Å². The number of fused-ring (bicyclic) bond motifs is 1. The van der Waals surface area contributed by atoms with E-state index in [9.17, 15) is 4.79 Å². The summed E-state index contributed by atoms with van der Waals surface area (Å²) in [6.45, 7) is 0. The number of nitrogens with zero attached hydrogens (tertiary/aromatic N) is 1. The Labute approximate surface area is 96.5 Å². The second kappa shape index (κ2) is 4.58. The maximum absolute atomic E-state index is 10.9. The molecule has 0 aromatic carbocycles. The summed E-state index contributed by atoms with van der Waals surface area (Å²) in [7, 11) is 5.68. The first-order valence-corrected chi connectivity index (χ1v) is 10.3. The van der Waals surface area contributed by atoms with E-state index in [-0.39, 0.29) is 5.24 Å². The molecule has 0 aliphatic carbocycles. The molecule has 0 fully saturated rings. The predicted molar refractivity (Wildman–Crippen MR) is 66.0 cm³/mol. The van der Waals surface area contributed by atoms with Crippen LogP contribution in [0.5, 0.6) is 0 Å². The summed E-state index contributed by atoms with van der Waals surface area (Å²) in [5, 5.41) is 2.75. The Morgan fingerprint density at radius 2 is 2.23 bits per heavy atom. The van der Waals surface area contributed by atoms with Crippen LogP contribution in [-0.4, -0.2) is 9.61 Å². The molecule has 1 aliphatic heterocycles. The summed E-state index contributed by atoms with van der Waals surface area (Å²) >= 11 is 1.44. The second-order valence-electron chi connectivity index (χ2n) is 1.84. The van der Waals surface area contributed by atoms with Crippen LogP contribution in [0.3, 0.4) is 0 Å². The number of amides is 1. The van der Waals surface area contributed by atoms with Crippen molar-refractivity contribution in [3.63, 3.8) is 0 Å². The fourth-order valence-corrected chi connectivity index (χ4v) is 13.0. The van der Waals surface area contributed by atoms with Crippen LogP contribution in [0.1, 0.15) is 0 Å². The summed E-state index contributed by atoms with van der Waals surface area (Å²) in [5.74, 6) is 0. The molecule has 2 N–H and O–H groups in total. The van der Waals surface area contributed by atoms with E-state index in [0.717, 1.165) is 9.92 Å². The van der Waals surface area contributed by atoms with E-state index in [1.807, 2.05) is 5.38 Å². The smallest absolute Gasteiger partial charge is 0.323 e. The van der Waals surface area contributed by atoms with Crippen LogP contribution in [0.2, 0.25) is 0 Å². The second-order valence-corrected chi connectivity index (χ2v) is 11.7. The van der Waals surface area contributed by atoms with Gasteiger partial charge in [-0.25, -0.2) is 4.79 Å². The maximum Gasteiger partial charge on any atom is 0.454 e. The molecule has 2 heterocycles. The largest absolute Gasteiger partial charge is 0.454 e. The maximum atomic E-state index is 10.9. The van der Waals surface area contributed by atoms with E-state index < -0.39 is 8.96 Å². The van der Waals surface area contributed by atoms with Crippen LogP contribution in [0.15, 0.2) is 15.3 Å². The van der Waals surface area contributed by atoms with Crippen LogP contribution in [0.25, 0.3) is 0 Å². The first-order chi connectivity index (χ1) is 6.27. The fraction of sp³-hybridized carbons (Fsp3) is 0. The highest BCUT2D eigenvalue weighted by Gasteiger charge is 2.37. The summed E-state index contributed by atoms with van der Waals surface area (Å²) < 4.78 is 4.21. The summed E-state index contributed by atoms with van der Waals surface area (Å²) in [6, 6.07) is 0. The number of carbonyl (C=O) groups is 1. The monoisotopic (exact) mass is 287 g/mol. The van der Waals surface area contributed by atoms with Crippen molar-refractivity contribution in [2.45, 2.75) is 9.92 Å². The fourth-order valence-electron chi connectivity index (χ4n) is 0.538. The minimum absolute atomic E-state index is 0.246. The lowest BCUT2D eigenvalue weighted by Crippen LogP contribution is -2.14. The highest BCUT2D eigenvalue weighted by molar-refractivity contribution is 9.36. The number of primary amides is 1. The quantitative estimate of drug-likeness (QED) is 0.584. The molecule has 1 aromatic heterocycles. The van der Waals surface area contributed by atoms with Crippen LogP contribution in [0.4, 0.5) is 4.79 Å². The molecule has 1 aliphatic rings. The number of hydrogen-bond donors (Lipinski definition) is 1. The highest BCUT2D eigenvalue weighted by Crippen LogP contribution is 2.55. The van der Waals surface area contributed by atoms with Crippen molar-refractivity contribution in [1.29, 1.82) is 0 Å². The lowest BCUT2D eigenvalue weighted by Gasteiger charge is -1.89. The number of aromatic nitrogens is 1. The molecule has 9 heteroatoms. The first kappa shape index (κ1) is 10.4. The van der Waals surface area contributed by atoms with Gasteiger partial charge in [0.25, 0.3) is 0 Å². The third-order valence-electron chi connectivity index (χ3n) is 1.03. The summed E-state index contributed by atoms with van der Waals surface area (Å²) in [6.07, 6.45) is 0. The molecule has 0 radical (unpaired) electrons. The SMILES string of the molecule is NC(=O)[S+]1SSc2csnc2SS1. The zero-order chi connectivity index (χ0) is 9.26. The van der Waals surface area contributed by atoms with E-state index in [1.165, 1.54) is 42.0 Å². The molecule has 2 rings (SSSR count). The third kappa shape index (κ3) is 2.45. The average Bonchev–Trinajstić information content (AvgIpc) is 2.44. The van der Waals surface area contributed by atoms with Crippen molar-refractivity contribution in [3.05, 3.63) is 5.38 Å². The van der Waals surface area contributed by atoms with E-state index in [0.29, 0.717) is 0 Å². The van der Waals surface area contributed by atoms with Crippen molar-refractivity contribution in [2.75, 3.05) is 0 Å². The Balaban J connectivity index is 2.12. The molecule has 0 saturated heterocycles. The molecule has 1 unspecified atom stereocenters. The third-order valence-corrected chi connectivity index (χ3v) is 13.3. The van der Waals surface area contributed by atoms with Gasteiger partial charge in [0.15, 0.2) is 19.7 Å². The highest BCUT2D eigenvalue weighted by atomic mass is 33.8. The van der Waals surface area contributed by atoms with Gasteiger partial charge in [0.1, 0.15) is 5.03 Å². The van der Waals surface area contributed by atoms with Gasteiger partial charge >= 0.3 is 5.24 Å². The van der Waals surface area contributed by atoms with E-state index in [4.69, 9.17) is 5.73 Å². The molecule has 0 saturated carbocycles. The van der Waals surface area contributed by atoms with Gasteiger partial charge in [0.05, 0.1) is 4.90 Å². The molecular weight excluding hydrogens is 284 g/mol. The van der Waals surface area contributed by atoms with Gasteiger partial charge < -0.3 is 5.73 Å². The van der Waals surface area contributed by atoms with Gasteiger partial charge in [-0.1, -0.05) is 0 Å². The van der Waals surface area contributed by atoms with Gasteiger partial charge in [-0.05, 0) is 11.5 Å². The van der Waals surface area contributed by atoms with Crippen molar-refractivity contribution >= 4 is 67.0 Å². The Morgan fingerprint density at radius 3 is 3.00 bits per heavy atom. The van der Waals surface area contributed by atoms with E-state index >= 15 is 0 Å². The number of rotatable bonds is 0. The Bertz CT molecular complexity index is 304. The van der Waals surface area contributed by atoms with Gasteiger partial charge in [0.2, 0.25) is 8.96 Å². The van der Waals surface area contributed by atoms with Crippen molar-refractivity contribution < 1.29 is 4.79 Å². The lowest BCUT2D eigenvalue weighted by atomic mass is 10.8. The molecular formula is C4H3N2OS6+. The molecule has 13 heavy (non-hydrogen) atoms. The van der Waals surface area contributed by atoms with E-state index in [1.54, 1.807) is 10.8 Å². The number of hydrogen-bond acceptors (Lipinski definition) is 7. The number of carbonyl (C=O) groups excluding carboxylic acids is 1. The van der Waals surface area contributed by atoms with E-state index in [2.05, 4.69) is 4.37 Å². The Hall–Kier alpha value is 0.850. The summed E-state index contributed by atoms with van der Waals surface area (Å²) in [4.78, 5) is 12.1. The predicted octanol–water partition coefficient (Wildman–Crippen LogP) is 3.16.